The van der Waals surface area contributed by atoms with Gasteiger partial charge in [0.1, 0.15) is 0 Å². The zero-order chi connectivity index (χ0) is 15.1. The van der Waals surface area contributed by atoms with Crippen LogP contribution in [-0.2, 0) is 11.3 Å². The number of aromatic nitrogens is 1. The summed E-state index contributed by atoms with van der Waals surface area (Å²) in [6.07, 6.45) is 3.25. The summed E-state index contributed by atoms with van der Waals surface area (Å²) in [5.74, 6) is 0.00483. The normalized spacial score (nSPS) is 12.7. The molecule has 0 aliphatic carbocycles. The molecule has 114 valence electrons. The highest BCUT2D eigenvalue weighted by molar-refractivity contribution is 6.33. The van der Waals surface area contributed by atoms with E-state index < -0.39 is 5.38 Å². The Morgan fingerprint density at radius 1 is 1.35 bits per heavy atom. The van der Waals surface area contributed by atoms with E-state index >= 15 is 0 Å². The molecule has 0 amide bonds. The molecule has 1 aromatic rings. The van der Waals surface area contributed by atoms with E-state index in [0.29, 0.717) is 0 Å². The second-order valence-corrected chi connectivity index (χ2v) is 5.89. The van der Waals surface area contributed by atoms with Gasteiger partial charge in [0.25, 0.3) is 0 Å². The summed E-state index contributed by atoms with van der Waals surface area (Å²) in [7, 11) is 0. The molecule has 1 atom stereocenters. The second kappa shape index (κ2) is 8.48. The summed E-state index contributed by atoms with van der Waals surface area (Å²) in [4.78, 5) is 12.0. The number of hydrogen-bond donors (Lipinski definition) is 0. The Kier molecular flexibility index (Phi) is 7.31. The molecule has 0 aromatic carbocycles. The first-order valence-corrected chi connectivity index (χ1v) is 7.85. The lowest BCUT2D eigenvalue weighted by Gasteiger charge is -2.10. The number of hydrogen-bond acceptors (Lipinski definition) is 2. The fraction of sp³-hybridized carbons (Fsp3) is 0.688. The Labute approximate surface area is 127 Å². The standard InChI is InChI=1S/C16H26ClNO2/c1-5-6-9-20-10-7-8-18-12(2)11-15(14(18)4)16(19)13(3)17/h11,13H,5-10H2,1-4H3. The molecule has 1 rings (SSSR count). The van der Waals surface area contributed by atoms with E-state index in [1.54, 1.807) is 6.92 Å². The maximum absolute atomic E-state index is 12.0. The molecule has 0 aliphatic rings. The van der Waals surface area contributed by atoms with Crippen molar-refractivity contribution in [3.63, 3.8) is 0 Å². The van der Waals surface area contributed by atoms with Gasteiger partial charge in [-0.15, -0.1) is 11.6 Å². The van der Waals surface area contributed by atoms with Gasteiger partial charge in [-0.25, -0.2) is 0 Å². The number of halogens is 1. The van der Waals surface area contributed by atoms with Gasteiger partial charge < -0.3 is 9.30 Å². The van der Waals surface area contributed by atoms with Crippen molar-refractivity contribution in [3.8, 4) is 0 Å². The Bertz CT molecular complexity index is 438. The number of alkyl halides is 1. The zero-order valence-electron chi connectivity index (χ0n) is 13.0. The minimum atomic E-state index is -0.471. The van der Waals surface area contributed by atoms with Gasteiger partial charge in [0.15, 0.2) is 5.78 Å². The van der Waals surface area contributed by atoms with Crippen molar-refractivity contribution in [1.82, 2.24) is 4.57 Å². The van der Waals surface area contributed by atoms with Crippen LogP contribution in [0.1, 0.15) is 54.9 Å². The number of unbranched alkanes of at least 4 members (excludes halogenated alkanes) is 1. The third kappa shape index (κ3) is 4.64. The lowest BCUT2D eigenvalue weighted by molar-refractivity contribution is 0.0991. The van der Waals surface area contributed by atoms with E-state index in [2.05, 4.69) is 11.5 Å². The Balaban J connectivity index is 2.56. The molecule has 0 fully saturated rings. The molecular formula is C16H26ClNO2. The lowest BCUT2D eigenvalue weighted by atomic mass is 10.1. The summed E-state index contributed by atoms with van der Waals surface area (Å²) >= 11 is 5.89. The molecule has 0 N–H and O–H groups in total. The van der Waals surface area contributed by atoms with Crippen LogP contribution >= 0.6 is 11.6 Å². The van der Waals surface area contributed by atoms with Crippen LogP contribution in [-0.4, -0.2) is 28.9 Å². The fourth-order valence-electron chi connectivity index (χ4n) is 2.28. The van der Waals surface area contributed by atoms with Gasteiger partial charge in [-0.05, 0) is 39.7 Å². The van der Waals surface area contributed by atoms with Crippen LogP contribution in [0.2, 0.25) is 0 Å². The van der Waals surface area contributed by atoms with Crippen LogP contribution in [0.15, 0.2) is 6.07 Å². The Morgan fingerprint density at radius 3 is 2.60 bits per heavy atom. The minimum Gasteiger partial charge on any atom is -0.381 e. The van der Waals surface area contributed by atoms with Crippen LogP contribution in [0.4, 0.5) is 0 Å². The van der Waals surface area contributed by atoms with E-state index in [1.165, 1.54) is 0 Å². The molecule has 1 unspecified atom stereocenters. The maximum atomic E-state index is 12.0. The third-order valence-electron chi connectivity index (χ3n) is 3.51. The first-order valence-electron chi connectivity index (χ1n) is 7.41. The average Bonchev–Trinajstić information content (AvgIpc) is 2.69. The highest BCUT2D eigenvalue weighted by Crippen LogP contribution is 2.19. The Hall–Kier alpha value is -0.800. The highest BCUT2D eigenvalue weighted by Gasteiger charge is 2.18. The van der Waals surface area contributed by atoms with Crippen molar-refractivity contribution < 1.29 is 9.53 Å². The monoisotopic (exact) mass is 299 g/mol. The van der Waals surface area contributed by atoms with E-state index in [4.69, 9.17) is 16.3 Å². The molecule has 0 bridgehead atoms. The number of ether oxygens (including phenoxy) is 1. The number of carbonyl (C=O) groups excluding carboxylic acids is 1. The minimum absolute atomic E-state index is 0.00483. The summed E-state index contributed by atoms with van der Waals surface area (Å²) < 4.78 is 7.74. The number of Topliss-reactive ketones (excluding diaryl/α,β-unsaturated/α-hetero) is 1. The second-order valence-electron chi connectivity index (χ2n) is 5.24. The van der Waals surface area contributed by atoms with Crippen molar-refractivity contribution in [2.75, 3.05) is 13.2 Å². The number of rotatable bonds is 9. The van der Waals surface area contributed by atoms with Gasteiger partial charge in [-0.2, -0.15) is 0 Å². The average molecular weight is 300 g/mol. The van der Waals surface area contributed by atoms with Crippen LogP contribution in [0, 0.1) is 13.8 Å². The molecule has 1 heterocycles. The van der Waals surface area contributed by atoms with Gasteiger partial charge in [0, 0.05) is 36.7 Å². The molecule has 0 aliphatic heterocycles. The fourth-order valence-corrected chi connectivity index (χ4v) is 2.40. The lowest BCUT2D eigenvalue weighted by Crippen LogP contribution is -2.12. The van der Waals surface area contributed by atoms with Crippen molar-refractivity contribution in [3.05, 3.63) is 23.0 Å². The molecule has 3 nitrogen and oxygen atoms in total. The molecule has 0 saturated heterocycles. The van der Waals surface area contributed by atoms with Crippen molar-refractivity contribution >= 4 is 17.4 Å². The van der Waals surface area contributed by atoms with Gasteiger partial charge in [-0.1, -0.05) is 13.3 Å². The molecule has 0 spiro atoms. The number of carbonyl (C=O) groups is 1. The maximum Gasteiger partial charge on any atom is 0.182 e. The van der Waals surface area contributed by atoms with Crippen molar-refractivity contribution in [1.29, 1.82) is 0 Å². The number of nitrogens with zero attached hydrogens (tertiary/aromatic N) is 1. The third-order valence-corrected chi connectivity index (χ3v) is 3.71. The van der Waals surface area contributed by atoms with Gasteiger partial charge >= 0.3 is 0 Å². The predicted octanol–water partition coefficient (Wildman–Crippen LogP) is 4.12. The Morgan fingerprint density at radius 2 is 2.00 bits per heavy atom. The van der Waals surface area contributed by atoms with Gasteiger partial charge in [0.05, 0.1) is 5.38 Å². The van der Waals surface area contributed by atoms with Gasteiger partial charge in [0.2, 0.25) is 0 Å². The zero-order valence-corrected chi connectivity index (χ0v) is 13.8. The molecule has 20 heavy (non-hydrogen) atoms. The quantitative estimate of drug-likeness (QED) is 0.390. The van der Waals surface area contributed by atoms with Crippen molar-refractivity contribution in [2.45, 2.75) is 58.9 Å². The number of ketones is 1. The van der Waals surface area contributed by atoms with E-state index in [9.17, 15) is 4.79 Å². The first-order chi connectivity index (χ1) is 9.49. The van der Waals surface area contributed by atoms with E-state index in [-0.39, 0.29) is 5.78 Å². The largest absolute Gasteiger partial charge is 0.381 e. The summed E-state index contributed by atoms with van der Waals surface area (Å²) in [5, 5.41) is -0.471. The van der Waals surface area contributed by atoms with Gasteiger partial charge in [-0.3, -0.25) is 4.79 Å². The molecule has 4 heteroatoms. The predicted molar refractivity (Wildman–Crippen MR) is 83.9 cm³/mol. The summed E-state index contributed by atoms with van der Waals surface area (Å²) in [5.41, 5.74) is 2.86. The molecule has 1 aromatic heterocycles. The summed E-state index contributed by atoms with van der Waals surface area (Å²) in [6.45, 7) is 10.4. The van der Waals surface area contributed by atoms with E-state index in [0.717, 1.165) is 56.0 Å². The number of aryl methyl sites for hydroxylation is 1. The summed E-state index contributed by atoms with van der Waals surface area (Å²) in [6, 6.07) is 1.94. The van der Waals surface area contributed by atoms with Crippen LogP contribution in [0.25, 0.3) is 0 Å². The van der Waals surface area contributed by atoms with Crippen LogP contribution in [0.3, 0.4) is 0 Å². The molecular weight excluding hydrogens is 274 g/mol. The first kappa shape index (κ1) is 17.3. The van der Waals surface area contributed by atoms with Crippen LogP contribution in [0.5, 0.6) is 0 Å². The van der Waals surface area contributed by atoms with Crippen molar-refractivity contribution in [2.24, 2.45) is 0 Å². The SMILES string of the molecule is CCCCOCCCn1c(C)cc(C(=O)C(C)Cl)c1C. The smallest absolute Gasteiger partial charge is 0.182 e. The van der Waals surface area contributed by atoms with Crippen LogP contribution < -0.4 is 0 Å². The highest BCUT2D eigenvalue weighted by atomic mass is 35.5. The molecule has 0 saturated carbocycles. The molecule has 0 radical (unpaired) electrons. The topological polar surface area (TPSA) is 31.2 Å². The van der Waals surface area contributed by atoms with E-state index in [1.807, 2.05) is 19.9 Å².